The zero-order valence-electron chi connectivity index (χ0n) is 13.5. The molecular weight excluding hydrogens is 434 g/mol. The van der Waals surface area contributed by atoms with Gasteiger partial charge in [0.25, 0.3) is 0 Å². The van der Waals surface area contributed by atoms with Crippen LogP contribution in [0.3, 0.4) is 0 Å². The van der Waals surface area contributed by atoms with Crippen molar-refractivity contribution in [2.75, 3.05) is 10.6 Å². The third-order valence-electron chi connectivity index (χ3n) is 3.60. The van der Waals surface area contributed by atoms with Crippen molar-refractivity contribution in [2.45, 2.75) is 12.5 Å². The number of benzene rings is 2. The first-order chi connectivity index (χ1) is 12.8. The molecule has 2 aromatic rings. The van der Waals surface area contributed by atoms with E-state index in [9.17, 15) is 9.59 Å². The molecule has 0 aliphatic carbocycles. The Kier molecular flexibility index (Phi) is 6.11. The smallest absolute Gasteiger partial charge is 0.249 e. The fraction of sp³-hybridized carbons (Fsp3) is 0.118. The Morgan fingerprint density at radius 1 is 1.00 bits per heavy atom. The van der Waals surface area contributed by atoms with Gasteiger partial charge < -0.3 is 10.6 Å². The predicted molar refractivity (Wildman–Crippen MR) is 109 cm³/mol. The van der Waals surface area contributed by atoms with Crippen molar-refractivity contribution >= 4 is 75.6 Å². The lowest BCUT2D eigenvalue weighted by atomic mass is 10.1. The zero-order valence-corrected chi connectivity index (χ0v) is 16.5. The molecular formula is C17H12Cl4N4O2. The summed E-state index contributed by atoms with van der Waals surface area (Å²) in [7, 11) is 0. The van der Waals surface area contributed by atoms with Gasteiger partial charge in [-0.1, -0.05) is 46.4 Å². The second-order valence-electron chi connectivity index (χ2n) is 5.61. The van der Waals surface area contributed by atoms with Crippen molar-refractivity contribution in [2.24, 2.45) is 4.99 Å². The first-order valence-corrected chi connectivity index (χ1v) is 9.18. The SMILES string of the molecule is O=C1C[C@H](C(=O)Nc2ccc(Cl)cc2Cl)N=C(Nc2ccc(Cl)cc2Cl)N1. The summed E-state index contributed by atoms with van der Waals surface area (Å²) in [5.41, 5.74) is 0.865. The van der Waals surface area contributed by atoms with E-state index in [4.69, 9.17) is 46.4 Å². The molecule has 0 spiro atoms. The molecule has 140 valence electrons. The molecule has 1 heterocycles. The number of nitrogens with one attached hydrogen (secondary N) is 3. The fourth-order valence-corrected chi connectivity index (χ4v) is 3.24. The highest BCUT2D eigenvalue weighted by atomic mass is 35.5. The Balaban J connectivity index is 1.77. The Morgan fingerprint density at radius 3 is 2.19 bits per heavy atom. The Morgan fingerprint density at radius 2 is 1.59 bits per heavy atom. The quantitative estimate of drug-likeness (QED) is 0.645. The summed E-state index contributed by atoms with van der Waals surface area (Å²) in [6.45, 7) is 0. The van der Waals surface area contributed by atoms with E-state index in [-0.39, 0.29) is 23.3 Å². The van der Waals surface area contributed by atoms with Crippen LogP contribution in [0, 0.1) is 0 Å². The molecule has 0 aromatic heterocycles. The van der Waals surface area contributed by atoms with Gasteiger partial charge in [0.05, 0.1) is 27.8 Å². The number of carbonyl (C=O) groups is 2. The highest BCUT2D eigenvalue weighted by Gasteiger charge is 2.27. The van der Waals surface area contributed by atoms with Gasteiger partial charge in [-0.15, -0.1) is 0 Å². The molecule has 0 fully saturated rings. The van der Waals surface area contributed by atoms with Crippen LogP contribution in [0.15, 0.2) is 41.4 Å². The molecule has 1 atom stereocenters. The van der Waals surface area contributed by atoms with Crippen LogP contribution >= 0.6 is 46.4 Å². The number of carbonyl (C=O) groups excluding carboxylic acids is 2. The molecule has 0 unspecified atom stereocenters. The van der Waals surface area contributed by atoms with Crippen LogP contribution in [0.25, 0.3) is 0 Å². The van der Waals surface area contributed by atoms with E-state index in [0.717, 1.165) is 0 Å². The van der Waals surface area contributed by atoms with Crippen LogP contribution in [0.2, 0.25) is 20.1 Å². The van der Waals surface area contributed by atoms with Crippen LogP contribution in [-0.4, -0.2) is 23.8 Å². The van der Waals surface area contributed by atoms with Crippen LogP contribution in [0.1, 0.15) is 6.42 Å². The molecule has 3 rings (SSSR count). The maximum atomic E-state index is 12.5. The first-order valence-electron chi connectivity index (χ1n) is 7.67. The summed E-state index contributed by atoms with van der Waals surface area (Å²) in [6, 6.07) is 8.55. The summed E-state index contributed by atoms with van der Waals surface area (Å²) in [5, 5.41) is 9.62. The lowest BCUT2D eigenvalue weighted by Gasteiger charge is -2.21. The number of amides is 2. The van der Waals surface area contributed by atoms with Gasteiger partial charge >= 0.3 is 0 Å². The minimum absolute atomic E-state index is 0.101. The summed E-state index contributed by atoms with van der Waals surface area (Å²) >= 11 is 23.9. The average molecular weight is 446 g/mol. The second-order valence-corrected chi connectivity index (χ2v) is 7.30. The molecule has 0 radical (unpaired) electrons. The second kappa shape index (κ2) is 8.35. The lowest BCUT2D eigenvalue weighted by molar-refractivity contribution is -0.124. The maximum Gasteiger partial charge on any atom is 0.249 e. The number of hydrogen-bond acceptors (Lipinski definition) is 4. The van der Waals surface area contributed by atoms with E-state index in [1.54, 1.807) is 30.3 Å². The molecule has 27 heavy (non-hydrogen) atoms. The molecule has 0 saturated carbocycles. The van der Waals surface area contributed by atoms with Gasteiger partial charge in [-0.05, 0) is 36.4 Å². The minimum atomic E-state index is -0.931. The van der Waals surface area contributed by atoms with Gasteiger partial charge in [-0.25, -0.2) is 4.99 Å². The van der Waals surface area contributed by atoms with Crippen molar-refractivity contribution < 1.29 is 9.59 Å². The van der Waals surface area contributed by atoms with E-state index < -0.39 is 11.9 Å². The highest BCUT2D eigenvalue weighted by molar-refractivity contribution is 6.37. The van der Waals surface area contributed by atoms with Crippen molar-refractivity contribution in [3.05, 3.63) is 56.5 Å². The zero-order chi connectivity index (χ0) is 19.6. The van der Waals surface area contributed by atoms with E-state index >= 15 is 0 Å². The number of anilines is 2. The molecule has 0 saturated heterocycles. The Hall–Kier alpha value is -1.99. The lowest BCUT2D eigenvalue weighted by Crippen LogP contribution is -2.45. The summed E-state index contributed by atoms with van der Waals surface area (Å²) in [4.78, 5) is 28.7. The molecule has 3 N–H and O–H groups in total. The number of hydrogen-bond donors (Lipinski definition) is 3. The van der Waals surface area contributed by atoms with Crippen LogP contribution < -0.4 is 16.0 Å². The first kappa shape index (κ1) is 19.8. The highest BCUT2D eigenvalue weighted by Crippen LogP contribution is 2.27. The van der Waals surface area contributed by atoms with Gasteiger partial charge in [0.2, 0.25) is 17.8 Å². The Labute approximate surface area is 174 Å². The summed E-state index contributed by atoms with van der Waals surface area (Å²) < 4.78 is 0. The van der Waals surface area contributed by atoms with Crippen LogP contribution in [-0.2, 0) is 9.59 Å². The van der Waals surface area contributed by atoms with E-state index in [0.29, 0.717) is 26.4 Å². The number of nitrogens with zero attached hydrogens (tertiary/aromatic N) is 1. The molecule has 6 nitrogen and oxygen atoms in total. The number of guanidine groups is 1. The van der Waals surface area contributed by atoms with Crippen molar-refractivity contribution in [3.63, 3.8) is 0 Å². The normalized spacial score (nSPS) is 16.4. The molecule has 1 aliphatic rings. The topological polar surface area (TPSA) is 82.6 Å². The molecule has 2 amide bonds. The van der Waals surface area contributed by atoms with Crippen molar-refractivity contribution in [1.82, 2.24) is 5.32 Å². The van der Waals surface area contributed by atoms with E-state index in [1.165, 1.54) is 6.07 Å². The van der Waals surface area contributed by atoms with Crippen LogP contribution in [0.5, 0.6) is 0 Å². The minimum Gasteiger partial charge on any atom is -0.325 e. The Bertz CT molecular complexity index is 949. The van der Waals surface area contributed by atoms with Gasteiger partial charge in [0.1, 0.15) is 6.04 Å². The van der Waals surface area contributed by atoms with Gasteiger partial charge in [-0.3, -0.25) is 14.9 Å². The molecule has 10 heteroatoms. The van der Waals surface area contributed by atoms with E-state index in [2.05, 4.69) is 20.9 Å². The fourth-order valence-electron chi connectivity index (χ4n) is 2.33. The maximum absolute atomic E-state index is 12.5. The van der Waals surface area contributed by atoms with Gasteiger partial charge in [0, 0.05) is 10.0 Å². The van der Waals surface area contributed by atoms with Gasteiger partial charge in [0.15, 0.2) is 0 Å². The summed E-state index contributed by atoms with van der Waals surface area (Å²) in [6.07, 6.45) is -0.101. The molecule has 0 bridgehead atoms. The van der Waals surface area contributed by atoms with E-state index in [1.807, 2.05) is 0 Å². The van der Waals surface area contributed by atoms with Crippen molar-refractivity contribution in [1.29, 1.82) is 0 Å². The number of aliphatic imine (C=N–C) groups is 1. The third kappa shape index (κ3) is 5.05. The molecule has 1 aliphatic heterocycles. The number of rotatable bonds is 3. The largest absolute Gasteiger partial charge is 0.325 e. The van der Waals surface area contributed by atoms with Gasteiger partial charge in [-0.2, -0.15) is 0 Å². The predicted octanol–water partition coefficient (Wildman–Crippen LogP) is 4.60. The third-order valence-corrected chi connectivity index (χ3v) is 4.69. The molecule has 2 aromatic carbocycles. The number of halogens is 4. The average Bonchev–Trinajstić information content (AvgIpc) is 2.59. The van der Waals surface area contributed by atoms with Crippen molar-refractivity contribution in [3.8, 4) is 0 Å². The van der Waals surface area contributed by atoms with Crippen LogP contribution in [0.4, 0.5) is 11.4 Å². The summed E-state index contributed by atoms with van der Waals surface area (Å²) in [5.74, 6) is -0.728. The monoisotopic (exact) mass is 444 g/mol. The standard InChI is InChI=1S/C17H12Cl4N4O2/c18-8-1-3-12(10(20)5-8)22-16(27)14-7-15(26)25-17(24-14)23-13-4-2-9(19)6-11(13)21/h1-6,14H,7H2,(H,22,27)(H2,23,24,25,26)/t14-/m1/s1.